The van der Waals surface area contributed by atoms with E-state index in [9.17, 15) is 4.79 Å². The Morgan fingerprint density at radius 1 is 1.36 bits per heavy atom. The highest BCUT2D eigenvalue weighted by Gasteiger charge is 2.24. The standard InChI is InChI=1S/C18H16ClNO2/c19-17-5-1-4-14-11-16(22-18(14)17)9-8-15(21)7-6-13-3-2-10-20-12-13/h1-7,10,12,16H,8-9,11H2/b7-6+. The van der Waals surface area contributed by atoms with Crippen LogP contribution in [0.2, 0.25) is 5.02 Å². The molecule has 0 spiro atoms. The maximum absolute atomic E-state index is 11.9. The Bertz CT molecular complexity index is 697. The van der Waals surface area contributed by atoms with Crippen molar-refractivity contribution in [3.8, 4) is 5.75 Å². The van der Waals surface area contributed by atoms with E-state index in [0.717, 1.165) is 23.3 Å². The summed E-state index contributed by atoms with van der Waals surface area (Å²) in [5.74, 6) is 0.863. The molecule has 1 unspecified atom stereocenters. The molecule has 22 heavy (non-hydrogen) atoms. The van der Waals surface area contributed by atoms with Crippen molar-refractivity contribution < 1.29 is 9.53 Å². The third-order valence-electron chi connectivity index (χ3n) is 3.64. The van der Waals surface area contributed by atoms with Gasteiger partial charge in [-0.2, -0.15) is 0 Å². The van der Waals surface area contributed by atoms with Gasteiger partial charge in [-0.3, -0.25) is 9.78 Å². The number of nitrogens with zero attached hydrogens (tertiary/aromatic N) is 1. The minimum Gasteiger partial charge on any atom is -0.488 e. The monoisotopic (exact) mass is 313 g/mol. The number of hydrogen-bond donors (Lipinski definition) is 0. The van der Waals surface area contributed by atoms with Crippen LogP contribution in [-0.2, 0) is 11.2 Å². The molecule has 2 heterocycles. The Hall–Kier alpha value is -2.13. The van der Waals surface area contributed by atoms with E-state index in [0.29, 0.717) is 17.9 Å². The first-order chi connectivity index (χ1) is 10.7. The minimum absolute atomic E-state index is 0.0330. The first kappa shape index (κ1) is 14.8. The lowest BCUT2D eigenvalue weighted by atomic mass is 10.0. The molecule has 0 N–H and O–H groups in total. The van der Waals surface area contributed by atoms with Gasteiger partial charge in [0.1, 0.15) is 11.9 Å². The molecule has 0 bridgehead atoms. The molecule has 0 saturated carbocycles. The summed E-state index contributed by atoms with van der Waals surface area (Å²) in [6, 6.07) is 9.53. The maximum atomic E-state index is 11.9. The summed E-state index contributed by atoms with van der Waals surface area (Å²) < 4.78 is 5.83. The number of carbonyl (C=O) groups excluding carboxylic acids is 1. The molecule has 1 atom stereocenters. The molecule has 112 valence electrons. The molecular weight excluding hydrogens is 298 g/mol. The number of hydrogen-bond acceptors (Lipinski definition) is 3. The van der Waals surface area contributed by atoms with Crippen LogP contribution in [0.1, 0.15) is 24.0 Å². The fourth-order valence-corrected chi connectivity index (χ4v) is 2.75. The van der Waals surface area contributed by atoms with Crippen LogP contribution in [0.5, 0.6) is 5.75 Å². The van der Waals surface area contributed by atoms with Crippen LogP contribution >= 0.6 is 11.6 Å². The Labute approximate surface area is 134 Å². The molecule has 2 aromatic rings. The van der Waals surface area contributed by atoms with Crippen LogP contribution in [0.15, 0.2) is 48.8 Å². The average molecular weight is 314 g/mol. The Kier molecular flexibility index (Phi) is 4.54. The summed E-state index contributed by atoms with van der Waals surface area (Å²) in [6.45, 7) is 0. The lowest BCUT2D eigenvalue weighted by molar-refractivity contribution is -0.114. The van der Waals surface area contributed by atoms with Crippen LogP contribution in [0.3, 0.4) is 0 Å². The zero-order valence-electron chi connectivity index (χ0n) is 12.0. The van der Waals surface area contributed by atoms with Crippen molar-refractivity contribution in [1.29, 1.82) is 0 Å². The fourth-order valence-electron chi connectivity index (χ4n) is 2.51. The molecule has 0 aliphatic carbocycles. The molecule has 0 saturated heterocycles. The van der Waals surface area contributed by atoms with Crippen molar-refractivity contribution in [3.63, 3.8) is 0 Å². The Morgan fingerprint density at radius 2 is 2.27 bits per heavy atom. The van der Waals surface area contributed by atoms with Crippen LogP contribution in [-0.4, -0.2) is 16.9 Å². The number of benzene rings is 1. The van der Waals surface area contributed by atoms with E-state index in [2.05, 4.69) is 4.98 Å². The van der Waals surface area contributed by atoms with Crippen LogP contribution in [0.4, 0.5) is 0 Å². The number of para-hydroxylation sites is 1. The maximum Gasteiger partial charge on any atom is 0.155 e. The highest BCUT2D eigenvalue weighted by molar-refractivity contribution is 6.32. The zero-order chi connectivity index (χ0) is 15.4. The molecule has 0 amide bonds. The van der Waals surface area contributed by atoms with Gasteiger partial charge in [-0.15, -0.1) is 0 Å². The molecular formula is C18H16ClNO2. The SMILES string of the molecule is O=C(/C=C/c1cccnc1)CCC1Cc2cccc(Cl)c2O1. The fraction of sp³-hybridized carbons (Fsp3) is 0.222. The summed E-state index contributed by atoms with van der Waals surface area (Å²) >= 11 is 6.11. The van der Waals surface area contributed by atoms with Gasteiger partial charge in [0, 0.05) is 25.2 Å². The van der Waals surface area contributed by atoms with E-state index in [4.69, 9.17) is 16.3 Å². The first-order valence-electron chi connectivity index (χ1n) is 7.27. The second-order valence-electron chi connectivity index (χ2n) is 5.30. The van der Waals surface area contributed by atoms with Crippen molar-refractivity contribution in [2.45, 2.75) is 25.4 Å². The van der Waals surface area contributed by atoms with E-state index < -0.39 is 0 Å². The van der Waals surface area contributed by atoms with Gasteiger partial charge >= 0.3 is 0 Å². The Balaban J connectivity index is 1.51. The van der Waals surface area contributed by atoms with E-state index in [-0.39, 0.29) is 11.9 Å². The summed E-state index contributed by atoms with van der Waals surface area (Å²) in [5, 5.41) is 0.641. The van der Waals surface area contributed by atoms with Gasteiger partial charge in [0.15, 0.2) is 5.78 Å². The largest absolute Gasteiger partial charge is 0.488 e. The van der Waals surface area contributed by atoms with E-state index >= 15 is 0 Å². The van der Waals surface area contributed by atoms with Gasteiger partial charge in [-0.05, 0) is 41.8 Å². The van der Waals surface area contributed by atoms with Gasteiger partial charge in [-0.1, -0.05) is 29.8 Å². The number of aromatic nitrogens is 1. The van der Waals surface area contributed by atoms with Gasteiger partial charge in [0.2, 0.25) is 0 Å². The molecule has 1 aromatic carbocycles. The van der Waals surface area contributed by atoms with Gasteiger partial charge in [0.25, 0.3) is 0 Å². The number of fused-ring (bicyclic) bond motifs is 1. The topological polar surface area (TPSA) is 39.2 Å². The number of ketones is 1. The lowest BCUT2D eigenvalue weighted by Crippen LogP contribution is -2.14. The summed E-state index contributed by atoms with van der Waals surface area (Å²) in [5.41, 5.74) is 2.04. The molecule has 1 aliphatic rings. The molecule has 0 radical (unpaired) electrons. The molecule has 3 nitrogen and oxygen atoms in total. The number of pyridine rings is 1. The molecule has 1 aromatic heterocycles. The quantitative estimate of drug-likeness (QED) is 0.780. The summed E-state index contributed by atoms with van der Waals surface area (Å²) in [4.78, 5) is 15.9. The first-order valence-corrected chi connectivity index (χ1v) is 7.65. The van der Waals surface area contributed by atoms with E-state index in [1.54, 1.807) is 24.5 Å². The molecule has 1 aliphatic heterocycles. The van der Waals surface area contributed by atoms with Crippen LogP contribution in [0.25, 0.3) is 6.08 Å². The van der Waals surface area contributed by atoms with Crippen molar-refractivity contribution in [2.75, 3.05) is 0 Å². The highest BCUT2D eigenvalue weighted by Crippen LogP contribution is 2.36. The van der Waals surface area contributed by atoms with Crippen LogP contribution in [0, 0.1) is 0 Å². The van der Waals surface area contributed by atoms with Gasteiger partial charge < -0.3 is 4.74 Å². The third-order valence-corrected chi connectivity index (χ3v) is 3.94. The van der Waals surface area contributed by atoms with Crippen molar-refractivity contribution in [2.24, 2.45) is 0 Å². The minimum atomic E-state index is 0.0330. The van der Waals surface area contributed by atoms with Crippen LogP contribution < -0.4 is 4.74 Å². The number of halogens is 1. The molecule has 0 fully saturated rings. The second-order valence-corrected chi connectivity index (χ2v) is 5.70. The van der Waals surface area contributed by atoms with Crippen molar-refractivity contribution >= 4 is 23.5 Å². The molecule has 4 heteroatoms. The van der Waals surface area contributed by atoms with Gasteiger partial charge in [-0.25, -0.2) is 0 Å². The third kappa shape index (κ3) is 3.55. The average Bonchev–Trinajstić information content (AvgIpc) is 2.96. The Morgan fingerprint density at radius 3 is 3.05 bits per heavy atom. The number of allylic oxidation sites excluding steroid dienone is 1. The zero-order valence-corrected chi connectivity index (χ0v) is 12.8. The van der Waals surface area contributed by atoms with Gasteiger partial charge in [0.05, 0.1) is 5.02 Å². The lowest BCUT2D eigenvalue weighted by Gasteiger charge is -2.09. The smallest absolute Gasteiger partial charge is 0.155 e. The normalized spacial score (nSPS) is 16.5. The number of rotatable bonds is 5. The van der Waals surface area contributed by atoms with Crippen molar-refractivity contribution in [1.82, 2.24) is 4.98 Å². The van der Waals surface area contributed by atoms with E-state index in [1.807, 2.05) is 30.3 Å². The predicted octanol–water partition coefficient (Wildman–Crippen LogP) is 4.10. The number of ether oxygens (including phenoxy) is 1. The predicted molar refractivity (Wildman–Crippen MR) is 87.1 cm³/mol. The van der Waals surface area contributed by atoms with E-state index in [1.165, 1.54) is 0 Å². The second kappa shape index (κ2) is 6.75. The summed E-state index contributed by atoms with van der Waals surface area (Å²) in [6.07, 6.45) is 8.83. The number of carbonyl (C=O) groups is 1. The molecule has 3 rings (SSSR count). The highest BCUT2D eigenvalue weighted by atomic mass is 35.5. The summed E-state index contributed by atoms with van der Waals surface area (Å²) in [7, 11) is 0. The van der Waals surface area contributed by atoms with Crippen molar-refractivity contribution in [3.05, 3.63) is 65.0 Å².